The third-order valence-corrected chi connectivity index (χ3v) is 3.75. The summed E-state index contributed by atoms with van der Waals surface area (Å²) in [4.78, 5) is 4.63. The van der Waals surface area contributed by atoms with Crippen LogP contribution >= 0.6 is 15.9 Å². The second-order valence-corrected chi connectivity index (χ2v) is 5.27. The highest BCUT2D eigenvalue weighted by molar-refractivity contribution is 9.10. The van der Waals surface area contributed by atoms with E-state index in [2.05, 4.69) is 67.9 Å². The summed E-state index contributed by atoms with van der Waals surface area (Å²) in [6.07, 6.45) is 2.04. The molecule has 19 heavy (non-hydrogen) atoms. The van der Waals surface area contributed by atoms with Gasteiger partial charge in [0, 0.05) is 24.5 Å². The Balaban J connectivity index is 2.25. The van der Waals surface area contributed by atoms with E-state index in [1.54, 1.807) is 0 Å². The van der Waals surface area contributed by atoms with Crippen LogP contribution in [-0.4, -0.2) is 16.4 Å². The first-order valence-electron chi connectivity index (χ1n) is 6.11. The smallest absolute Gasteiger partial charge is 0.145 e. The monoisotopic (exact) mass is 315 g/mol. The Morgan fingerprint density at radius 3 is 2.79 bits per heavy atom. The van der Waals surface area contributed by atoms with E-state index in [1.807, 2.05) is 19.3 Å². The summed E-state index contributed by atoms with van der Waals surface area (Å²) in [6, 6.07) is 12.5. The summed E-state index contributed by atoms with van der Waals surface area (Å²) in [5, 5.41) is 3.14. The maximum atomic E-state index is 4.63. The normalized spacial score (nSPS) is 10.9. The molecular formula is C15H14BrN3. The molecule has 0 fully saturated rings. The molecule has 3 nitrogen and oxygen atoms in total. The lowest BCUT2D eigenvalue weighted by atomic mass is 10.1. The number of rotatable bonds is 2. The third-order valence-electron chi connectivity index (χ3n) is 3.16. The van der Waals surface area contributed by atoms with Crippen LogP contribution < -0.4 is 5.32 Å². The van der Waals surface area contributed by atoms with Crippen molar-refractivity contribution in [3.63, 3.8) is 0 Å². The SMILES string of the molecule is CNc1ccn2c(-c3cccc(C)c3)nc(Br)c2c1. The summed E-state index contributed by atoms with van der Waals surface area (Å²) in [7, 11) is 1.91. The van der Waals surface area contributed by atoms with Gasteiger partial charge in [0.2, 0.25) is 0 Å². The Bertz CT molecular complexity index is 746. The van der Waals surface area contributed by atoms with E-state index < -0.39 is 0 Å². The largest absolute Gasteiger partial charge is 0.388 e. The topological polar surface area (TPSA) is 29.3 Å². The van der Waals surface area contributed by atoms with E-state index in [0.29, 0.717) is 0 Å². The molecule has 1 aromatic carbocycles. The molecule has 0 saturated heterocycles. The minimum absolute atomic E-state index is 0.862. The fraction of sp³-hybridized carbons (Fsp3) is 0.133. The van der Waals surface area contributed by atoms with E-state index in [0.717, 1.165) is 27.2 Å². The second kappa shape index (κ2) is 4.70. The fourth-order valence-corrected chi connectivity index (χ4v) is 2.66. The van der Waals surface area contributed by atoms with Crippen molar-refractivity contribution < 1.29 is 0 Å². The van der Waals surface area contributed by atoms with Crippen molar-refractivity contribution in [1.82, 2.24) is 9.38 Å². The number of aryl methyl sites for hydroxylation is 1. The van der Waals surface area contributed by atoms with Gasteiger partial charge in [0.15, 0.2) is 0 Å². The van der Waals surface area contributed by atoms with Crippen LogP contribution in [0.1, 0.15) is 5.56 Å². The lowest BCUT2D eigenvalue weighted by Crippen LogP contribution is -1.92. The molecular weight excluding hydrogens is 302 g/mol. The van der Waals surface area contributed by atoms with Gasteiger partial charge in [-0.2, -0.15) is 0 Å². The number of halogens is 1. The molecule has 2 heterocycles. The molecule has 0 unspecified atom stereocenters. The predicted octanol–water partition coefficient (Wildman–Crippen LogP) is 4.11. The van der Waals surface area contributed by atoms with E-state index in [-0.39, 0.29) is 0 Å². The highest BCUT2D eigenvalue weighted by atomic mass is 79.9. The van der Waals surface area contributed by atoms with Gasteiger partial charge in [-0.05, 0) is 41.1 Å². The Labute approximate surface area is 120 Å². The molecule has 3 rings (SSSR count). The molecule has 0 bridgehead atoms. The lowest BCUT2D eigenvalue weighted by Gasteiger charge is -2.04. The van der Waals surface area contributed by atoms with E-state index in [1.165, 1.54) is 5.56 Å². The van der Waals surface area contributed by atoms with Gasteiger partial charge < -0.3 is 5.32 Å². The van der Waals surface area contributed by atoms with Crippen LogP contribution in [-0.2, 0) is 0 Å². The molecule has 0 atom stereocenters. The highest BCUT2D eigenvalue weighted by Gasteiger charge is 2.11. The minimum atomic E-state index is 0.862. The average Bonchev–Trinajstić information content (AvgIpc) is 2.76. The number of hydrogen-bond acceptors (Lipinski definition) is 2. The first kappa shape index (κ1) is 12.2. The van der Waals surface area contributed by atoms with Crippen molar-refractivity contribution in [2.75, 3.05) is 12.4 Å². The molecule has 0 saturated carbocycles. The van der Waals surface area contributed by atoms with Gasteiger partial charge in [-0.25, -0.2) is 4.98 Å². The van der Waals surface area contributed by atoms with Crippen LogP contribution in [0.3, 0.4) is 0 Å². The number of aromatic nitrogens is 2. The zero-order chi connectivity index (χ0) is 13.4. The van der Waals surface area contributed by atoms with Gasteiger partial charge in [-0.15, -0.1) is 0 Å². The number of fused-ring (bicyclic) bond motifs is 1. The van der Waals surface area contributed by atoms with Crippen LogP contribution in [0.5, 0.6) is 0 Å². The number of nitrogens with one attached hydrogen (secondary N) is 1. The van der Waals surface area contributed by atoms with Gasteiger partial charge in [-0.1, -0.05) is 23.8 Å². The molecule has 0 radical (unpaired) electrons. The zero-order valence-corrected chi connectivity index (χ0v) is 12.4. The van der Waals surface area contributed by atoms with Gasteiger partial charge in [0.25, 0.3) is 0 Å². The quantitative estimate of drug-likeness (QED) is 0.771. The number of pyridine rings is 1. The Morgan fingerprint density at radius 2 is 2.05 bits per heavy atom. The van der Waals surface area contributed by atoms with Crippen LogP contribution in [0, 0.1) is 6.92 Å². The first-order valence-corrected chi connectivity index (χ1v) is 6.91. The van der Waals surface area contributed by atoms with E-state index in [9.17, 15) is 0 Å². The summed E-state index contributed by atoms with van der Waals surface area (Å²) >= 11 is 3.54. The lowest BCUT2D eigenvalue weighted by molar-refractivity contribution is 1.16. The second-order valence-electron chi connectivity index (χ2n) is 4.52. The van der Waals surface area contributed by atoms with Crippen LogP contribution in [0.2, 0.25) is 0 Å². The van der Waals surface area contributed by atoms with Crippen LogP contribution in [0.15, 0.2) is 47.2 Å². The van der Waals surface area contributed by atoms with Gasteiger partial charge >= 0.3 is 0 Å². The summed E-state index contributed by atoms with van der Waals surface area (Å²) in [5.74, 6) is 0.952. The van der Waals surface area contributed by atoms with Crippen LogP contribution in [0.4, 0.5) is 5.69 Å². The molecule has 0 amide bonds. The standard InChI is InChI=1S/C15H14BrN3/c1-10-4-3-5-11(8-10)15-18-14(16)13-9-12(17-2)6-7-19(13)15/h3-9,17H,1-2H3. The summed E-state index contributed by atoms with van der Waals surface area (Å²) < 4.78 is 2.96. The minimum Gasteiger partial charge on any atom is -0.388 e. The zero-order valence-electron chi connectivity index (χ0n) is 10.8. The summed E-state index contributed by atoms with van der Waals surface area (Å²) in [5.41, 5.74) is 4.49. The van der Waals surface area contributed by atoms with E-state index in [4.69, 9.17) is 0 Å². The molecule has 1 N–H and O–H groups in total. The number of hydrogen-bond donors (Lipinski definition) is 1. The van der Waals surface area contributed by atoms with Crippen molar-refractivity contribution >= 4 is 27.1 Å². The highest BCUT2D eigenvalue weighted by Crippen LogP contribution is 2.28. The molecule has 0 aliphatic heterocycles. The number of benzene rings is 1. The number of anilines is 1. The molecule has 3 aromatic rings. The van der Waals surface area contributed by atoms with Crippen molar-refractivity contribution in [1.29, 1.82) is 0 Å². The number of nitrogens with zero attached hydrogens (tertiary/aromatic N) is 2. The molecule has 96 valence electrons. The third kappa shape index (κ3) is 2.12. The molecule has 2 aromatic heterocycles. The maximum Gasteiger partial charge on any atom is 0.145 e. The molecule has 4 heteroatoms. The molecule has 0 aliphatic carbocycles. The molecule has 0 aliphatic rings. The first-order chi connectivity index (χ1) is 9.19. The van der Waals surface area contributed by atoms with Gasteiger partial charge in [-0.3, -0.25) is 4.40 Å². The molecule has 0 spiro atoms. The van der Waals surface area contributed by atoms with Gasteiger partial charge in [0.05, 0.1) is 5.52 Å². The Hall–Kier alpha value is -1.81. The maximum absolute atomic E-state index is 4.63. The van der Waals surface area contributed by atoms with Crippen molar-refractivity contribution in [2.24, 2.45) is 0 Å². The average molecular weight is 316 g/mol. The van der Waals surface area contributed by atoms with Crippen molar-refractivity contribution in [3.8, 4) is 11.4 Å². The Kier molecular flexibility index (Phi) is 3.03. The van der Waals surface area contributed by atoms with Gasteiger partial charge in [0.1, 0.15) is 10.4 Å². The predicted molar refractivity (Wildman–Crippen MR) is 82.6 cm³/mol. The fourth-order valence-electron chi connectivity index (χ4n) is 2.19. The number of imidazole rings is 1. The summed E-state index contributed by atoms with van der Waals surface area (Å²) in [6.45, 7) is 2.09. The van der Waals surface area contributed by atoms with Crippen LogP contribution in [0.25, 0.3) is 16.9 Å². The van der Waals surface area contributed by atoms with E-state index >= 15 is 0 Å². The Morgan fingerprint density at radius 1 is 1.21 bits per heavy atom. The van der Waals surface area contributed by atoms with Crippen molar-refractivity contribution in [2.45, 2.75) is 6.92 Å². The van der Waals surface area contributed by atoms with Crippen molar-refractivity contribution in [3.05, 3.63) is 52.8 Å².